The van der Waals surface area contributed by atoms with Crippen molar-refractivity contribution in [2.24, 2.45) is 0 Å². The molecule has 1 N–H and O–H groups in total. The Morgan fingerprint density at radius 3 is 2.46 bits per heavy atom. The van der Waals surface area contributed by atoms with Crippen molar-refractivity contribution in [3.05, 3.63) is 106 Å². The van der Waals surface area contributed by atoms with Gasteiger partial charge in [0.25, 0.3) is 5.91 Å². The summed E-state index contributed by atoms with van der Waals surface area (Å²) in [5.41, 5.74) is 0.573. The Morgan fingerprint density at radius 2 is 1.69 bits per heavy atom. The molecule has 0 saturated heterocycles. The van der Waals surface area contributed by atoms with Gasteiger partial charge in [-0.25, -0.2) is 4.79 Å². The summed E-state index contributed by atoms with van der Waals surface area (Å²) < 4.78 is 10.7. The van der Waals surface area contributed by atoms with E-state index in [4.69, 9.17) is 8.83 Å². The molecule has 0 aliphatic heterocycles. The molecule has 1 amide bonds. The Kier molecular flexibility index (Phi) is 4.11. The minimum absolute atomic E-state index is 0.0452. The molecular weight excluding hydrogens is 330 g/mol. The average Bonchev–Trinajstić information content (AvgIpc) is 3.20. The average molecular weight is 345 g/mol. The molecule has 1 atom stereocenters. The van der Waals surface area contributed by atoms with Crippen LogP contribution in [0.15, 0.2) is 92.7 Å². The summed E-state index contributed by atoms with van der Waals surface area (Å²) in [5.74, 6) is 0.0597. The van der Waals surface area contributed by atoms with Crippen LogP contribution < -0.4 is 10.9 Å². The van der Waals surface area contributed by atoms with E-state index in [1.807, 2.05) is 36.4 Å². The minimum Gasteiger partial charge on any atom is -0.467 e. The first-order valence-electron chi connectivity index (χ1n) is 8.14. The molecule has 0 radical (unpaired) electrons. The molecular formula is C21H15NO4. The highest BCUT2D eigenvalue weighted by Gasteiger charge is 2.22. The van der Waals surface area contributed by atoms with E-state index in [-0.39, 0.29) is 5.56 Å². The number of rotatable bonds is 4. The highest BCUT2D eigenvalue weighted by molar-refractivity contribution is 5.97. The molecule has 2 heterocycles. The van der Waals surface area contributed by atoms with E-state index >= 15 is 0 Å². The number of para-hydroxylation sites is 1. The van der Waals surface area contributed by atoms with Gasteiger partial charge in [-0.2, -0.15) is 0 Å². The second kappa shape index (κ2) is 6.72. The molecule has 0 bridgehead atoms. The van der Waals surface area contributed by atoms with Crippen LogP contribution in [0.2, 0.25) is 0 Å². The number of furan rings is 1. The molecule has 4 aromatic rings. The third kappa shape index (κ3) is 3.02. The number of hydrogen-bond donors (Lipinski definition) is 1. The number of fused-ring (bicyclic) bond motifs is 1. The third-order valence-electron chi connectivity index (χ3n) is 4.12. The summed E-state index contributed by atoms with van der Waals surface area (Å²) >= 11 is 0. The summed E-state index contributed by atoms with van der Waals surface area (Å²) in [5, 5.41) is 3.55. The fourth-order valence-electron chi connectivity index (χ4n) is 2.85. The summed E-state index contributed by atoms with van der Waals surface area (Å²) in [6.45, 7) is 0. The summed E-state index contributed by atoms with van der Waals surface area (Å²) in [4.78, 5) is 25.0. The molecule has 1 unspecified atom stereocenters. The van der Waals surface area contributed by atoms with Crippen LogP contribution in [0.4, 0.5) is 0 Å². The van der Waals surface area contributed by atoms with Crippen LogP contribution in [0.25, 0.3) is 11.0 Å². The Labute approximate surface area is 148 Å². The molecule has 2 aromatic carbocycles. The molecule has 0 aliphatic rings. The number of hydrogen-bond acceptors (Lipinski definition) is 4. The van der Waals surface area contributed by atoms with Crippen molar-refractivity contribution in [3.63, 3.8) is 0 Å². The van der Waals surface area contributed by atoms with Gasteiger partial charge in [0.2, 0.25) is 0 Å². The smallest absolute Gasteiger partial charge is 0.349 e. The van der Waals surface area contributed by atoms with Gasteiger partial charge in [0.1, 0.15) is 22.9 Å². The van der Waals surface area contributed by atoms with Crippen LogP contribution in [0.5, 0.6) is 0 Å². The molecule has 5 nitrogen and oxygen atoms in total. The molecule has 5 heteroatoms. The highest BCUT2D eigenvalue weighted by atomic mass is 16.4. The lowest BCUT2D eigenvalue weighted by Gasteiger charge is -2.17. The van der Waals surface area contributed by atoms with E-state index in [9.17, 15) is 9.59 Å². The normalized spacial score (nSPS) is 12.0. The quantitative estimate of drug-likeness (QED) is 0.569. The largest absolute Gasteiger partial charge is 0.467 e. The van der Waals surface area contributed by atoms with Crippen molar-refractivity contribution in [2.45, 2.75) is 6.04 Å². The minimum atomic E-state index is -0.674. The molecule has 0 fully saturated rings. The van der Waals surface area contributed by atoms with Gasteiger partial charge in [-0.05, 0) is 29.8 Å². The lowest BCUT2D eigenvalue weighted by Crippen LogP contribution is -2.32. The van der Waals surface area contributed by atoms with Crippen LogP contribution in [-0.2, 0) is 0 Å². The summed E-state index contributed by atoms with van der Waals surface area (Å²) in [6.07, 6.45) is 1.54. The lowest BCUT2D eigenvalue weighted by atomic mass is 10.0. The monoisotopic (exact) mass is 345 g/mol. The first kappa shape index (κ1) is 15.9. The maximum Gasteiger partial charge on any atom is 0.349 e. The van der Waals surface area contributed by atoms with Crippen LogP contribution in [-0.4, -0.2) is 5.91 Å². The number of amides is 1. The van der Waals surface area contributed by atoms with Gasteiger partial charge in [-0.3, -0.25) is 4.79 Å². The number of benzene rings is 2. The maximum atomic E-state index is 12.8. The van der Waals surface area contributed by atoms with Crippen LogP contribution in [0, 0.1) is 0 Å². The van der Waals surface area contributed by atoms with Crippen molar-refractivity contribution < 1.29 is 13.6 Å². The number of carbonyl (C=O) groups excluding carboxylic acids is 1. The first-order valence-corrected chi connectivity index (χ1v) is 8.14. The molecule has 4 rings (SSSR count). The zero-order valence-corrected chi connectivity index (χ0v) is 13.7. The van der Waals surface area contributed by atoms with E-state index in [0.29, 0.717) is 16.7 Å². The van der Waals surface area contributed by atoms with Crippen molar-refractivity contribution >= 4 is 16.9 Å². The second-order valence-corrected chi connectivity index (χ2v) is 5.82. The summed E-state index contributed by atoms with van der Waals surface area (Å²) in [6, 6.07) is 21.0. The first-order chi connectivity index (χ1) is 12.7. The Balaban J connectivity index is 1.71. The predicted molar refractivity (Wildman–Crippen MR) is 96.9 cm³/mol. The maximum absolute atomic E-state index is 12.8. The molecule has 128 valence electrons. The van der Waals surface area contributed by atoms with Gasteiger partial charge < -0.3 is 14.2 Å². The predicted octanol–water partition coefficient (Wildman–Crippen LogP) is 3.91. The van der Waals surface area contributed by atoms with Crippen molar-refractivity contribution in [3.8, 4) is 0 Å². The van der Waals surface area contributed by atoms with Gasteiger partial charge in [-0.15, -0.1) is 0 Å². The molecule has 0 spiro atoms. The molecule has 2 aromatic heterocycles. The van der Waals surface area contributed by atoms with E-state index in [1.165, 1.54) is 0 Å². The second-order valence-electron chi connectivity index (χ2n) is 5.82. The Hall–Kier alpha value is -3.60. The Bertz CT molecular complexity index is 1100. The topological polar surface area (TPSA) is 72.5 Å². The molecule has 0 saturated carbocycles. The lowest BCUT2D eigenvalue weighted by molar-refractivity contribution is 0.0935. The van der Waals surface area contributed by atoms with Crippen molar-refractivity contribution in [1.29, 1.82) is 0 Å². The number of nitrogens with one attached hydrogen (secondary N) is 1. The Morgan fingerprint density at radius 1 is 0.923 bits per heavy atom. The van der Waals surface area contributed by atoms with Gasteiger partial charge >= 0.3 is 5.63 Å². The fraction of sp³-hybridized carbons (Fsp3) is 0.0476. The van der Waals surface area contributed by atoms with Crippen molar-refractivity contribution in [2.75, 3.05) is 0 Å². The van der Waals surface area contributed by atoms with E-state index in [1.54, 1.807) is 42.7 Å². The SMILES string of the molecule is O=C(NC(c1ccccc1)c1ccco1)c1cc2ccccc2oc1=O. The van der Waals surface area contributed by atoms with E-state index in [0.717, 1.165) is 5.56 Å². The molecule has 26 heavy (non-hydrogen) atoms. The van der Waals surface area contributed by atoms with Crippen molar-refractivity contribution in [1.82, 2.24) is 5.32 Å². The highest BCUT2D eigenvalue weighted by Crippen LogP contribution is 2.23. The van der Waals surface area contributed by atoms with E-state index < -0.39 is 17.6 Å². The van der Waals surface area contributed by atoms with E-state index in [2.05, 4.69) is 5.32 Å². The number of carbonyl (C=O) groups is 1. The zero-order valence-electron chi connectivity index (χ0n) is 13.7. The van der Waals surface area contributed by atoms with Gasteiger partial charge in [0.15, 0.2) is 0 Å². The van der Waals surface area contributed by atoms with Crippen LogP contribution >= 0.6 is 0 Å². The fourth-order valence-corrected chi connectivity index (χ4v) is 2.85. The van der Waals surface area contributed by atoms with Crippen LogP contribution in [0.3, 0.4) is 0 Å². The standard InChI is InChI=1S/C21H15NO4/c23-20(16-13-15-9-4-5-10-17(15)26-21(16)24)22-19(18-11-6-12-25-18)14-7-2-1-3-8-14/h1-13,19H,(H,22,23). The van der Waals surface area contributed by atoms with Crippen LogP contribution in [0.1, 0.15) is 27.7 Å². The van der Waals surface area contributed by atoms with Gasteiger partial charge in [0, 0.05) is 5.39 Å². The zero-order chi connectivity index (χ0) is 17.9. The third-order valence-corrected chi connectivity index (χ3v) is 4.12. The molecule has 0 aliphatic carbocycles. The van der Waals surface area contributed by atoms with Gasteiger partial charge in [0.05, 0.1) is 6.26 Å². The van der Waals surface area contributed by atoms with Gasteiger partial charge in [-0.1, -0.05) is 48.5 Å². The summed E-state index contributed by atoms with van der Waals surface area (Å²) in [7, 11) is 0.